The number of methoxy groups -OCH3 is 2. The zero-order chi connectivity index (χ0) is 41.7. The van der Waals surface area contributed by atoms with Crippen LogP contribution in [0.5, 0.6) is 0 Å². The van der Waals surface area contributed by atoms with Gasteiger partial charge in [-0.25, -0.2) is 0 Å². The van der Waals surface area contributed by atoms with Gasteiger partial charge in [-0.1, -0.05) is 75.5 Å². The third kappa shape index (κ3) is 9.86. The normalized spacial score (nSPS) is 18.9. The largest absolute Gasteiger partial charge is 0.509 e. The van der Waals surface area contributed by atoms with Crippen molar-refractivity contribution < 1.29 is 39.3 Å². The summed E-state index contributed by atoms with van der Waals surface area (Å²) in [5.74, 6) is -0.490. The molecular weight excluding hydrogens is 822 g/mol. The number of aliphatic hydroxyl groups is 2. The number of amides is 2. The van der Waals surface area contributed by atoms with E-state index in [0.29, 0.717) is 26.7 Å². The lowest BCUT2D eigenvalue weighted by Crippen LogP contribution is -2.45. The Hall–Kier alpha value is -4.14. The van der Waals surface area contributed by atoms with Gasteiger partial charge in [-0.15, -0.1) is 0 Å². The summed E-state index contributed by atoms with van der Waals surface area (Å²) in [5, 5.41) is 45.4. The Morgan fingerprint density at radius 3 is 1.36 bits per heavy atom. The number of carbonyl (C=O) groups is 2. The first kappa shape index (κ1) is 44.6. The van der Waals surface area contributed by atoms with E-state index in [1.807, 2.05) is 76.2 Å². The molecule has 2 unspecified atom stereocenters. The van der Waals surface area contributed by atoms with Crippen LogP contribution in [0.15, 0.2) is 88.8 Å². The van der Waals surface area contributed by atoms with Gasteiger partial charge in [0.05, 0.1) is 24.4 Å². The first-order chi connectivity index (χ1) is 26.3. The predicted octanol–water partition coefficient (Wildman–Crippen LogP) is 7.32. The molecule has 4 aromatic rings. The fraction of sp³-hybridized carbons (Fsp3) is 0.286. The highest BCUT2D eigenvalue weighted by molar-refractivity contribution is 9.10. The van der Waals surface area contributed by atoms with E-state index in [-0.39, 0.29) is 36.5 Å². The van der Waals surface area contributed by atoms with Crippen molar-refractivity contribution in [3.63, 3.8) is 0 Å². The molecule has 0 saturated heterocycles. The molecule has 2 atom stereocenters. The minimum absolute atomic E-state index is 0.0230. The molecule has 0 radical (unpaired) electrons. The Balaban J connectivity index is 0.000000205. The van der Waals surface area contributed by atoms with E-state index in [9.17, 15) is 19.8 Å². The minimum Gasteiger partial charge on any atom is -0.509 e. The third-order valence-corrected chi connectivity index (χ3v) is 10.5. The molecule has 4 aromatic carbocycles. The van der Waals surface area contributed by atoms with Crippen LogP contribution < -0.4 is 16.1 Å². The van der Waals surface area contributed by atoms with Crippen molar-refractivity contribution in [2.75, 3.05) is 27.4 Å². The average molecular weight is 868 g/mol. The number of nitrogens with one attached hydrogen (secondary N) is 2. The number of benzene rings is 4. The second-order valence-corrected chi connectivity index (χ2v) is 16.0. The van der Waals surface area contributed by atoms with Crippen LogP contribution in [0.4, 0.5) is 0 Å². The number of aliphatic hydroxyl groups excluding tert-OH is 2. The van der Waals surface area contributed by atoms with Crippen LogP contribution in [0.1, 0.15) is 47.2 Å². The molecule has 10 nitrogen and oxygen atoms in total. The van der Waals surface area contributed by atoms with E-state index < -0.39 is 18.2 Å². The zero-order valence-electron chi connectivity index (χ0n) is 32.5. The van der Waals surface area contributed by atoms with Gasteiger partial charge in [0.15, 0.2) is 0 Å². The van der Waals surface area contributed by atoms with Crippen LogP contribution in [0.25, 0.3) is 22.3 Å². The lowest BCUT2D eigenvalue weighted by atomic mass is 9.81. The van der Waals surface area contributed by atoms with Gasteiger partial charge < -0.3 is 40.4 Å². The molecule has 0 fully saturated rings. The molecule has 2 heterocycles. The number of halogens is 3. The maximum atomic E-state index is 12.6. The summed E-state index contributed by atoms with van der Waals surface area (Å²) in [4.78, 5) is 24.8. The molecule has 2 aliphatic heterocycles. The second-order valence-electron chi connectivity index (χ2n) is 14.2. The van der Waals surface area contributed by atoms with Crippen LogP contribution in [0, 0.1) is 27.7 Å². The molecule has 296 valence electrons. The van der Waals surface area contributed by atoms with Gasteiger partial charge in [0.1, 0.15) is 22.6 Å². The molecule has 0 aliphatic carbocycles. The van der Waals surface area contributed by atoms with Gasteiger partial charge in [0.25, 0.3) is 11.8 Å². The molecule has 0 saturated carbocycles. The smallest absolute Gasteiger partial charge is 0.488 e. The Kier molecular flexibility index (Phi) is 14.7. The molecule has 2 amide bonds. The summed E-state index contributed by atoms with van der Waals surface area (Å²) in [7, 11) is 1.68. The van der Waals surface area contributed by atoms with Crippen LogP contribution in [-0.2, 0) is 19.1 Å². The van der Waals surface area contributed by atoms with Crippen molar-refractivity contribution in [3.8, 4) is 11.1 Å². The molecule has 0 aromatic heterocycles. The molecular formula is C42H46BBrCl2N2O8. The van der Waals surface area contributed by atoms with Gasteiger partial charge in [-0.2, -0.15) is 0 Å². The van der Waals surface area contributed by atoms with Crippen LogP contribution in [0.3, 0.4) is 0 Å². The topological polar surface area (TPSA) is 158 Å². The summed E-state index contributed by atoms with van der Waals surface area (Å²) in [5.41, 5.74) is 6.69. The molecule has 6 rings (SSSR count). The highest BCUT2D eigenvalue weighted by atomic mass is 79.9. The molecule has 6 N–H and O–H groups in total. The molecule has 2 aliphatic rings. The maximum Gasteiger partial charge on any atom is 0.488 e. The van der Waals surface area contributed by atoms with E-state index in [1.165, 1.54) is 0 Å². The Bertz CT molecular complexity index is 2130. The third-order valence-electron chi connectivity index (χ3n) is 9.49. The molecule has 0 spiro atoms. The lowest BCUT2D eigenvalue weighted by molar-refractivity contribution is -0.117. The highest BCUT2D eigenvalue weighted by Crippen LogP contribution is 2.38. The van der Waals surface area contributed by atoms with Crippen molar-refractivity contribution in [2.24, 2.45) is 0 Å². The van der Waals surface area contributed by atoms with Crippen molar-refractivity contribution in [1.29, 1.82) is 0 Å². The SMILES string of the molecule is COCC1(C)NC(=O)C(c2c(C)cc(-c3ccc(Cl)cc3)cc2C)=C1O.COCC1(C)NC(=O)C(c2c(C)cc(Br)cc2C)=C1O.OB(O)c1ccc(Cl)cc1. The summed E-state index contributed by atoms with van der Waals surface area (Å²) in [6.45, 7) is 11.7. The molecule has 56 heavy (non-hydrogen) atoms. The fourth-order valence-corrected chi connectivity index (χ4v) is 7.81. The highest BCUT2D eigenvalue weighted by Gasteiger charge is 2.44. The Morgan fingerprint density at radius 1 is 0.643 bits per heavy atom. The Morgan fingerprint density at radius 2 is 1.00 bits per heavy atom. The van der Waals surface area contributed by atoms with Crippen LogP contribution in [0.2, 0.25) is 10.0 Å². The van der Waals surface area contributed by atoms with E-state index in [1.54, 1.807) is 52.3 Å². The van der Waals surface area contributed by atoms with Gasteiger partial charge in [-0.05, 0) is 128 Å². The van der Waals surface area contributed by atoms with Gasteiger partial charge in [-0.3, -0.25) is 9.59 Å². The molecule has 14 heteroatoms. The van der Waals surface area contributed by atoms with Crippen molar-refractivity contribution >= 4 is 74.7 Å². The summed E-state index contributed by atoms with van der Waals surface area (Å²) in [6.07, 6.45) is 0. The predicted molar refractivity (Wildman–Crippen MR) is 227 cm³/mol. The van der Waals surface area contributed by atoms with Gasteiger partial charge >= 0.3 is 7.12 Å². The van der Waals surface area contributed by atoms with Crippen LogP contribution >= 0.6 is 39.1 Å². The summed E-state index contributed by atoms with van der Waals surface area (Å²) >= 11 is 15.0. The standard InChI is InChI=1S/C21H22ClNO3.C15H18BrNO3.C6H6BClO2/c1-12-9-15(14-5-7-16(22)8-6-14)10-13(2)17(12)18-19(24)21(3,11-26-4)23-20(18)25;1-8-5-10(16)6-9(2)11(8)12-13(18)15(3,7-20-4)17-14(12)19;8-6-3-1-5(2-4-6)7(9)10/h5-10,24H,11H2,1-4H3,(H,23,25);5-6,18H,7H2,1-4H3,(H,17,19);1-4,9-10H. The Labute approximate surface area is 346 Å². The van der Waals surface area contributed by atoms with Crippen molar-refractivity contribution in [3.05, 3.63) is 132 Å². The number of hydrogen-bond donors (Lipinski definition) is 6. The van der Waals surface area contributed by atoms with Gasteiger partial charge in [0.2, 0.25) is 0 Å². The first-order valence-corrected chi connectivity index (χ1v) is 19.1. The average Bonchev–Trinajstić information content (AvgIpc) is 3.46. The number of ether oxygens (including phenoxy) is 2. The van der Waals surface area contributed by atoms with E-state index in [4.69, 9.17) is 42.7 Å². The zero-order valence-corrected chi connectivity index (χ0v) is 35.6. The summed E-state index contributed by atoms with van der Waals surface area (Å²) < 4.78 is 11.2. The van der Waals surface area contributed by atoms with Crippen molar-refractivity contribution in [2.45, 2.75) is 52.6 Å². The van der Waals surface area contributed by atoms with Gasteiger partial charge in [0, 0.05) is 28.7 Å². The number of hydrogen-bond acceptors (Lipinski definition) is 8. The van der Waals surface area contributed by atoms with Crippen LogP contribution in [-0.4, -0.2) is 77.7 Å². The molecule has 0 bridgehead atoms. The van der Waals surface area contributed by atoms with Crippen molar-refractivity contribution in [1.82, 2.24) is 10.6 Å². The quantitative estimate of drug-likeness (QED) is 0.101. The number of carbonyl (C=O) groups excluding carboxylic acids is 2. The fourth-order valence-electron chi connectivity index (χ4n) is 6.87. The second kappa shape index (κ2) is 18.4. The lowest BCUT2D eigenvalue weighted by Gasteiger charge is -2.23. The monoisotopic (exact) mass is 866 g/mol. The van der Waals surface area contributed by atoms with E-state index in [2.05, 4.69) is 26.6 Å². The first-order valence-electron chi connectivity index (χ1n) is 17.5. The van der Waals surface area contributed by atoms with E-state index >= 15 is 0 Å². The summed E-state index contributed by atoms with van der Waals surface area (Å²) in [6, 6.07) is 21.9. The number of rotatable bonds is 8. The van der Waals surface area contributed by atoms with E-state index in [0.717, 1.165) is 49.0 Å². The maximum absolute atomic E-state index is 12.6. The number of aryl methyl sites for hydroxylation is 4. The minimum atomic E-state index is -1.41.